The van der Waals surface area contributed by atoms with E-state index in [2.05, 4.69) is 33.2 Å². The highest BCUT2D eigenvalue weighted by Gasteiger charge is 2.22. The van der Waals surface area contributed by atoms with Crippen molar-refractivity contribution in [3.05, 3.63) is 58.3 Å². The molecule has 0 aliphatic carbocycles. The van der Waals surface area contributed by atoms with Crippen LogP contribution < -0.4 is 4.90 Å². The number of rotatable bonds is 5. The fraction of sp³-hybridized carbons (Fsp3) is 0.381. The predicted octanol–water partition coefficient (Wildman–Crippen LogP) is 3.23. The normalized spacial score (nSPS) is 14.5. The molecule has 0 spiro atoms. The third-order valence-corrected chi connectivity index (χ3v) is 6.25. The molecule has 1 aliphatic rings. The van der Waals surface area contributed by atoms with E-state index in [0.29, 0.717) is 6.42 Å². The summed E-state index contributed by atoms with van der Waals surface area (Å²) in [5.74, 6) is 2.81. The Kier molecular flexibility index (Phi) is 5.43. The minimum atomic E-state index is 0.249. The van der Waals surface area contributed by atoms with Gasteiger partial charge in [0.05, 0.1) is 0 Å². The van der Waals surface area contributed by atoms with Crippen LogP contribution in [0.3, 0.4) is 0 Å². The van der Waals surface area contributed by atoms with Crippen LogP contribution >= 0.6 is 11.3 Å². The number of anilines is 1. The van der Waals surface area contributed by atoms with E-state index in [1.807, 2.05) is 47.0 Å². The maximum Gasteiger partial charge on any atom is 0.223 e. The van der Waals surface area contributed by atoms with Gasteiger partial charge in [-0.15, -0.1) is 11.3 Å². The highest BCUT2D eigenvalue weighted by molar-refractivity contribution is 7.10. The summed E-state index contributed by atoms with van der Waals surface area (Å²) in [5, 5.41) is 2.10. The summed E-state index contributed by atoms with van der Waals surface area (Å²) in [6.45, 7) is 7.11. The molecule has 1 fully saturated rings. The van der Waals surface area contributed by atoms with Gasteiger partial charge < -0.3 is 14.4 Å². The lowest BCUT2D eigenvalue weighted by molar-refractivity contribution is -0.131. The second kappa shape index (κ2) is 8.14. The van der Waals surface area contributed by atoms with E-state index in [9.17, 15) is 4.79 Å². The molecule has 4 heterocycles. The molecule has 0 saturated carbocycles. The Bertz CT molecular complexity index is 942. The molecule has 28 heavy (non-hydrogen) atoms. The zero-order chi connectivity index (χ0) is 19.5. The van der Waals surface area contributed by atoms with Crippen LogP contribution in [0.25, 0.3) is 5.82 Å². The Morgan fingerprint density at radius 1 is 1.07 bits per heavy atom. The molecular formula is C21H25N5OS. The van der Waals surface area contributed by atoms with Crippen molar-refractivity contribution in [2.24, 2.45) is 0 Å². The van der Waals surface area contributed by atoms with E-state index < -0.39 is 0 Å². The average Bonchev–Trinajstić information content (AvgIpc) is 3.38. The standard InChI is InChI=1S/C21H25N5OS/c1-16-7-14-28-18(16)5-6-21(27)26-12-10-25(11-13-26)20-15-19(22-17(2)23-20)24-8-3-4-9-24/h3-4,7-9,14-15H,5-6,10-13H2,1-2H3. The van der Waals surface area contributed by atoms with Crippen LogP contribution in [0.1, 0.15) is 22.7 Å². The SMILES string of the molecule is Cc1nc(N2CCN(C(=O)CCc3sccc3C)CC2)cc(-n2cccc2)n1. The van der Waals surface area contributed by atoms with Crippen molar-refractivity contribution in [1.29, 1.82) is 0 Å². The Balaban J connectivity index is 1.36. The number of thiophene rings is 1. The number of nitrogens with zero attached hydrogens (tertiary/aromatic N) is 5. The topological polar surface area (TPSA) is 54.3 Å². The number of carbonyl (C=O) groups excluding carboxylic acids is 1. The highest BCUT2D eigenvalue weighted by atomic mass is 32.1. The van der Waals surface area contributed by atoms with Crippen molar-refractivity contribution in [2.75, 3.05) is 31.1 Å². The van der Waals surface area contributed by atoms with Gasteiger partial charge in [0.25, 0.3) is 0 Å². The molecule has 0 atom stereocenters. The van der Waals surface area contributed by atoms with Gasteiger partial charge in [0.1, 0.15) is 17.5 Å². The zero-order valence-electron chi connectivity index (χ0n) is 16.3. The summed E-state index contributed by atoms with van der Waals surface area (Å²) in [6, 6.07) is 8.11. The van der Waals surface area contributed by atoms with Gasteiger partial charge in [-0.05, 0) is 49.4 Å². The van der Waals surface area contributed by atoms with Crippen LogP contribution in [-0.4, -0.2) is 51.5 Å². The fourth-order valence-corrected chi connectivity index (χ4v) is 4.45. The van der Waals surface area contributed by atoms with Gasteiger partial charge in [0, 0.05) is 55.9 Å². The molecule has 3 aromatic rings. The highest BCUT2D eigenvalue weighted by Crippen LogP contribution is 2.20. The summed E-state index contributed by atoms with van der Waals surface area (Å²) in [6.07, 6.45) is 5.40. The summed E-state index contributed by atoms with van der Waals surface area (Å²) < 4.78 is 1.99. The number of aromatic nitrogens is 3. The zero-order valence-corrected chi connectivity index (χ0v) is 17.2. The number of amides is 1. The predicted molar refractivity (Wildman–Crippen MR) is 112 cm³/mol. The molecule has 1 saturated heterocycles. The van der Waals surface area contributed by atoms with E-state index in [0.717, 1.165) is 50.1 Å². The van der Waals surface area contributed by atoms with Crippen molar-refractivity contribution in [2.45, 2.75) is 26.7 Å². The number of carbonyl (C=O) groups is 1. The maximum absolute atomic E-state index is 12.6. The van der Waals surface area contributed by atoms with Crippen LogP contribution in [-0.2, 0) is 11.2 Å². The Morgan fingerprint density at radius 3 is 2.46 bits per heavy atom. The molecule has 0 radical (unpaired) electrons. The number of aryl methyl sites for hydroxylation is 3. The van der Waals surface area contributed by atoms with E-state index in [-0.39, 0.29) is 5.91 Å². The van der Waals surface area contributed by atoms with Gasteiger partial charge in [-0.3, -0.25) is 4.79 Å². The van der Waals surface area contributed by atoms with E-state index in [1.165, 1.54) is 10.4 Å². The molecule has 1 aliphatic heterocycles. The molecule has 0 bridgehead atoms. The minimum absolute atomic E-state index is 0.249. The first-order chi connectivity index (χ1) is 13.6. The van der Waals surface area contributed by atoms with Gasteiger partial charge in [0.15, 0.2) is 0 Å². The Labute approximate surface area is 169 Å². The summed E-state index contributed by atoms with van der Waals surface area (Å²) in [5.41, 5.74) is 1.29. The maximum atomic E-state index is 12.6. The lowest BCUT2D eigenvalue weighted by Crippen LogP contribution is -2.49. The summed E-state index contributed by atoms with van der Waals surface area (Å²) in [7, 11) is 0. The van der Waals surface area contributed by atoms with Crippen LogP contribution in [0.2, 0.25) is 0 Å². The second-order valence-electron chi connectivity index (χ2n) is 7.12. The van der Waals surface area contributed by atoms with Crippen molar-refractivity contribution < 1.29 is 4.79 Å². The smallest absolute Gasteiger partial charge is 0.223 e. The van der Waals surface area contributed by atoms with Gasteiger partial charge in [-0.25, -0.2) is 9.97 Å². The third-order valence-electron chi connectivity index (χ3n) is 5.17. The van der Waals surface area contributed by atoms with Crippen LogP contribution in [0.15, 0.2) is 42.0 Å². The first-order valence-corrected chi connectivity index (χ1v) is 10.5. The van der Waals surface area contributed by atoms with Crippen LogP contribution in [0.4, 0.5) is 5.82 Å². The van der Waals surface area contributed by atoms with Crippen LogP contribution in [0.5, 0.6) is 0 Å². The third kappa shape index (κ3) is 4.09. The Morgan fingerprint density at radius 2 is 1.79 bits per heavy atom. The molecule has 0 aromatic carbocycles. The Hall–Kier alpha value is -2.67. The van der Waals surface area contributed by atoms with Gasteiger partial charge >= 0.3 is 0 Å². The molecule has 7 heteroatoms. The second-order valence-corrected chi connectivity index (χ2v) is 8.12. The lowest BCUT2D eigenvalue weighted by Gasteiger charge is -2.35. The van der Waals surface area contributed by atoms with Crippen molar-refractivity contribution in [3.8, 4) is 5.82 Å². The molecule has 0 unspecified atom stereocenters. The largest absolute Gasteiger partial charge is 0.353 e. The molecular weight excluding hydrogens is 370 g/mol. The molecule has 6 nitrogen and oxygen atoms in total. The molecule has 4 rings (SSSR count). The minimum Gasteiger partial charge on any atom is -0.353 e. The van der Waals surface area contributed by atoms with E-state index in [4.69, 9.17) is 0 Å². The molecule has 3 aromatic heterocycles. The quantitative estimate of drug-likeness (QED) is 0.666. The number of piperazine rings is 1. The first-order valence-electron chi connectivity index (χ1n) is 9.65. The van der Waals surface area contributed by atoms with Crippen molar-refractivity contribution in [1.82, 2.24) is 19.4 Å². The monoisotopic (exact) mass is 395 g/mol. The number of hydrogen-bond acceptors (Lipinski definition) is 5. The summed E-state index contributed by atoms with van der Waals surface area (Å²) >= 11 is 1.74. The fourth-order valence-electron chi connectivity index (χ4n) is 3.54. The van der Waals surface area contributed by atoms with Crippen molar-refractivity contribution in [3.63, 3.8) is 0 Å². The van der Waals surface area contributed by atoms with Crippen LogP contribution in [0, 0.1) is 13.8 Å². The number of hydrogen-bond donors (Lipinski definition) is 0. The van der Waals surface area contributed by atoms with E-state index >= 15 is 0 Å². The van der Waals surface area contributed by atoms with E-state index in [1.54, 1.807) is 11.3 Å². The lowest BCUT2D eigenvalue weighted by atomic mass is 10.2. The van der Waals surface area contributed by atoms with Gasteiger partial charge in [-0.2, -0.15) is 0 Å². The average molecular weight is 396 g/mol. The summed E-state index contributed by atoms with van der Waals surface area (Å²) in [4.78, 5) is 27.3. The van der Waals surface area contributed by atoms with Gasteiger partial charge in [0.2, 0.25) is 5.91 Å². The molecule has 146 valence electrons. The van der Waals surface area contributed by atoms with Gasteiger partial charge in [-0.1, -0.05) is 0 Å². The van der Waals surface area contributed by atoms with Crippen molar-refractivity contribution >= 4 is 23.1 Å². The molecule has 0 N–H and O–H groups in total. The molecule has 1 amide bonds. The first kappa shape index (κ1) is 18.7.